The molecule has 0 aliphatic heterocycles. The summed E-state index contributed by atoms with van der Waals surface area (Å²) in [6, 6.07) is 16.9. The summed E-state index contributed by atoms with van der Waals surface area (Å²) in [6.07, 6.45) is -4.38. The van der Waals surface area contributed by atoms with E-state index in [2.05, 4.69) is 20.8 Å². The minimum atomic E-state index is -4.38. The Bertz CT molecular complexity index is 926. The van der Waals surface area contributed by atoms with Crippen LogP contribution in [-0.2, 0) is 6.18 Å². The standard InChI is InChI=1S/C20H17F3N4O/c1-13(14-5-3-2-4-6-14)24-19(28)17-11-12-18(27-26-17)25-16-9-7-15(8-10-16)20(21,22)23/h2-13H,1H3,(H,24,28)(H,25,27). The Kier molecular flexibility index (Phi) is 5.58. The first-order valence-corrected chi connectivity index (χ1v) is 8.47. The van der Waals surface area contributed by atoms with Gasteiger partial charge < -0.3 is 10.6 Å². The molecule has 1 amide bonds. The molecule has 0 aliphatic rings. The van der Waals surface area contributed by atoms with E-state index in [0.29, 0.717) is 11.5 Å². The Morgan fingerprint density at radius 2 is 1.61 bits per heavy atom. The van der Waals surface area contributed by atoms with Crippen molar-refractivity contribution in [1.29, 1.82) is 0 Å². The lowest BCUT2D eigenvalue weighted by molar-refractivity contribution is -0.137. The maximum atomic E-state index is 12.6. The fourth-order valence-corrected chi connectivity index (χ4v) is 2.51. The fourth-order valence-electron chi connectivity index (χ4n) is 2.51. The van der Waals surface area contributed by atoms with Crippen LogP contribution >= 0.6 is 0 Å². The van der Waals surface area contributed by atoms with Crippen LogP contribution < -0.4 is 10.6 Å². The number of nitrogens with zero attached hydrogens (tertiary/aromatic N) is 2. The van der Waals surface area contributed by atoms with Crippen LogP contribution in [0.2, 0.25) is 0 Å². The number of alkyl halides is 3. The molecule has 8 heteroatoms. The van der Waals surface area contributed by atoms with E-state index in [4.69, 9.17) is 0 Å². The molecule has 28 heavy (non-hydrogen) atoms. The summed E-state index contributed by atoms with van der Waals surface area (Å²) in [5.74, 6) is -0.0580. The van der Waals surface area contributed by atoms with Crippen LogP contribution in [-0.4, -0.2) is 16.1 Å². The molecular formula is C20H17F3N4O. The van der Waals surface area contributed by atoms with Gasteiger partial charge in [0.1, 0.15) is 0 Å². The number of rotatable bonds is 5. The number of carbonyl (C=O) groups excluding carboxylic acids is 1. The highest BCUT2D eigenvalue weighted by Gasteiger charge is 2.29. The maximum absolute atomic E-state index is 12.6. The van der Waals surface area contributed by atoms with Crippen molar-refractivity contribution in [3.05, 3.63) is 83.6 Å². The lowest BCUT2D eigenvalue weighted by Gasteiger charge is -2.14. The van der Waals surface area contributed by atoms with Crippen molar-refractivity contribution >= 4 is 17.4 Å². The molecule has 3 aromatic rings. The highest BCUT2D eigenvalue weighted by molar-refractivity contribution is 5.92. The monoisotopic (exact) mass is 386 g/mol. The van der Waals surface area contributed by atoms with Gasteiger partial charge in [-0.15, -0.1) is 10.2 Å². The first-order valence-electron chi connectivity index (χ1n) is 8.47. The molecule has 0 bridgehead atoms. The zero-order chi connectivity index (χ0) is 20.1. The zero-order valence-corrected chi connectivity index (χ0v) is 14.9. The third kappa shape index (κ3) is 4.85. The SMILES string of the molecule is CC(NC(=O)c1ccc(Nc2ccc(C(F)(F)F)cc2)nn1)c1ccccc1. The smallest absolute Gasteiger partial charge is 0.344 e. The predicted molar refractivity (Wildman–Crippen MR) is 99.1 cm³/mol. The quantitative estimate of drug-likeness (QED) is 0.665. The summed E-state index contributed by atoms with van der Waals surface area (Å²) in [5.41, 5.74) is 0.797. The normalized spacial score (nSPS) is 12.3. The van der Waals surface area contributed by atoms with E-state index in [1.165, 1.54) is 24.3 Å². The molecule has 1 unspecified atom stereocenters. The molecular weight excluding hydrogens is 369 g/mol. The molecule has 0 spiro atoms. The van der Waals surface area contributed by atoms with Crippen molar-refractivity contribution in [3.8, 4) is 0 Å². The molecule has 3 rings (SSSR count). The Balaban J connectivity index is 1.62. The second kappa shape index (κ2) is 8.08. The van der Waals surface area contributed by atoms with Gasteiger partial charge in [0.15, 0.2) is 11.5 Å². The molecule has 1 heterocycles. The molecule has 5 nitrogen and oxygen atoms in total. The summed E-state index contributed by atoms with van der Waals surface area (Å²) in [6.45, 7) is 1.86. The number of aromatic nitrogens is 2. The van der Waals surface area contributed by atoms with E-state index >= 15 is 0 Å². The first kappa shape index (κ1) is 19.3. The number of amides is 1. The Morgan fingerprint density at radius 1 is 0.929 bits per heavy atom. The van der Waals surface area contributed by atoms with Gasteiger partial charge in [0.2, 0.25) is 0 Å². The molecule has 2 N–H and O–H groups in total. The van der Waals surface area contributed by atoms with Gasteiger partial charge in [0, 0.05) is 5.69 Å². The highest BCUT2D eigenvalue weighted by Crippen LogP contribution is 2.30. The molecule has 0 saturated heterocycles. The van der Waals surface area contributed by atoms with Crippen LogP contribution in [0.4, 0.5) is 24.7 Å². The van der Waals surface area contributed by atoms with Crippen molar-refractivity contribution < 1.29 is 18.0 Å². The average molecular weight is 386 g/mol. The van der Waals surface area contributed by atoms with Crippen molar-refractivity contribution in [2.45, 2.75) is 19.1 Å². The lowest BCUT2D eigenvalue weighted by Crippen LogP contribution is -2.27. The number of anilines is 2. The fraction of sp³-hybridized carbons (Fsp3) is 0.150. The van der Waals surface area contributed by atoms with Crippen molar-refractivity contribution in [1.82, 2.24) is 15.5 Å². The van der Waals surface area contributed by atoms with Crippen molar-refractivity contribution in [2.75, 3.05) is 5.32 Å². The highest BCUT2D eigenvalue weighted by atomic mass is 19.4. The number of nitrogens with one attached hydrogen (secondary N) is 2. The molecule has 1 aromatic heterocycles. The van der Waals surface area contributed by atoms with Gasteiger partial charge in [-0.3, -0.25) is 4.79 Å². The van der Waals surface area contributed by atoms with Gasteiger partial charge in [-0.2, -0.15) is 13.2 Å². The summed E-state index contributed by atoms with van der Waals surface area (Å²) < 4.78 is 37.8. The topological polar surface area (TPSA) is 66.9 Å². The average Bonchev–Trinajstić information content (AvgIpc) is 2.69. The molecule has 0 saturated carbocycles. The first-order chi connectivity index (χ1) is 13.3. The largest absolute Gasteiger partial charge is 0.416 e. The number of carbonyl (C=O) groups is 1. The number of hydrogen-bond donors (Lipinski definition) is 2. The molecule has 144 valence electrons. The second-order valence-corrected chi connectivity index (χ2v) is 6.11. The molecule has 0 aliphatic carbocycles. The zero-order valence-electron chi connectivity index (χ0n) is 14.9. The minimum Gasteiger partial charge on any atom is -0.344 e. The summed E-state index contributed by atoms with van der Waals surface area (Å²) >= 11 is 0. The van der Waals surface area contributed by atoms with Gasteiger partial charge in [-0.05, 0) is 48.9 Å². The molecule has 2 aromatic carbocycles. The lowest BCUT2D eigenvalue weighted by atomic mass is 10.1. The minimum absolute atomic E-state index is 0.140. The summed E-state index contributed by atoms with van der Waals surface area (Å²) in [7, 11) is 0. The van der Waals surface area contributed by atoms with Crippen LogP contribution in [0.25, 0.3) is 0 Å². The third-order valence-corrected chi connectivity index (χ3v) is 4.03. The number of halogens is 3. The van der Waals surface area contributed by atoms with Crippen LogP contribution in [0.5, 0.6) is 0 Å². The molecule has 1 atom stereocenters. The second-order valence-electron chi connectivity index (χ2n) is 6.11. The number of benzene rings is 2. The summed E-state index contributed by atoms with van der Waals surface area (Å²) in [5, 5.41) is 13.5. The Hall–Kier alpha value is -3.42. The molecule has 0 radical (unpaired) electrons. The van der Waals surface area contributed by atoms with Gasteiger partial charge in [-0.1, -0.05) is 30.3 Å². The van der Waals surface area contributed by atoms with E-state index < -0.39 is 11.7 Å². The van der Waals surface area contributed by atoms with E-state index in [1.54, 1.807) is 0 Å². The van der Waals surface area contributed by atoms with E-state index in [-0.39, 0.29) is 17.6 Å². The van der Waals surface area contributed by atoms with E-state index in [9.17, 15) is 18.0 Å². The van der Waals surface area contributed by atoms with Crippen molar-refractivity contribution in [2.24, 2.45) is 0 Å². The van der Waals surface area contributed by atoms with Crippen LogP contribution in [0.15, 0.2) is 66.7 Å². The van der Waals surface area contributed by atoms with Gasteiger partial charge in [-0.25, -0.2) is 0 Å². The van der Waals surface area contributed by atoms with Gasteiger partial charge >= 0.3 is 6.18 Å². The maximum Gasteiger partial charge on any atom is 0.416 e. The molecule has 0 fully saturated rings. The van der Waals surface area contributed by atoms with Crippen molar-refractivity contribution in [3.63, 3.8) is 0 Å². The van der Waals surface area contributed by atoms with E-state index in [1.807, 2.05) is 37.3 Å². The number of hydrogen-bond acceptors (Lipinski definition) is 4. The summed E-state index contributed by atoms with van der Waals surface area (Å²) in [4.78, 5) is 12.3. The Labute approximate surface area is 159 Å². The van der Waals surface area contributed by atoms with Crippen LogP contribution in [0.1, 0.15) is 34.6 Å². The van der Waals surface area contributed by atoms with Crippen LogP contribution in [0, 0.1) is 0 Å². The third-order valence-electron chi connectivity index (χ3n) is 4.03. The van der Waals surface area contributed by atoms with E-state index in [0.717, 1.165) is 17.7 Å². The predicted octanol–water partition coefficient (Wildman–Crippen LogP) is 4.73. The van der Waals surface area contributed by atoms with Gasteiger partial charge in [0.25, 0.3) is 5.91 Å². The Morgan fingerprint density at radius 3 is 2.18 bits per heavy atom. The van der Waals surface area contributed by atoms with Gasteiger partial charge in [0.05, 0.1) is 11.6 Å². The van der Waals surface area contributed by atoms with Crippen LogP contribution in [0.3, 0.4) is 0 Å².